The minimum Gasteiger partial charge on any atom is -0.394 e. The molecule has 1 aromatic carbocycles. The SMILES string of the molecule is O=S(=O)(C1=CNCC=C1)n1cc(CNCC(O)CO)cc1-c1ccccc1F. The summed E-state index contributed by atoms with van der Waals surface area (Å²) in [6.45, 7) is 0.541. The first kappa shape index (κ1) is 20.3. The Morgan fingerprint density at radius 2 is 2.11 bits per heavy atom. The fourth-order valence-electron chi connectivity index (χ4n) is 2.83. The molecule has 0 amide bonds. The molecule has 1 atom stereocenters. The zero-order valence-corrected chi connectivity index (χ0v) is 15.9. The average Bonchev–Trinajstić information content (AvgIpc) is 3.13. The van der Waals surface area contributed by atoms with Crippen molar-refractivity contribution in [2.45, 2.75) is 12.6 Å². The van der Waals surface area contributed by atoms with Gasteiger partial charge in [0.1, 0.15) is 10.7 Å². The van der Waals surface area contributed by atoms with Crippen LogP contribution in [-0.4, -0.2) is 48.4 Å². The van der Waals surface area contributed by atoms with E-state index in [0.717, 1.165) is 3.97 Å². The topological polar surface area (TPSA) is 104 Å². The molecule has 4 N–H and O–H groups in total. The van der Waals surface area contributed by atoms with Gasteiger partial charge in [-0.25, -0.2) is 16.8 Å². The largest absolute Gasteiger partial charge is 0.394 e. The highest BCUT2D eigenvalue weighted by Gasteiger charge is 2.24. The van der Waals surface area contributed by atoms with E-state index in [4.69, 9.17) is 5.11 Å². The summed E-state index contributed by atoms with van der Waals surface area (Å²) >= 11 is 0. The molecule has 1 unspecified atom stereocenters. The second-order valence-electron chi connectivity index (χ2n) is 6.34. The number of dihydropyridines is 1. The van der Waals surface area contributed by atoms with Gasteiger partial charge in [0.05, 0.1) is 18.4 Å². The summed E-state index contributed by atoms with van der Waals surface area (Å²) in [5.74, 6) is -0.529. The molecule has 1 aliphatic heterocycles. The van der Waals surface area contributed by atoms with Crippen LogP contribution in [-0.2, 0) is 16.6 Å². The molecule has 2 aromatic rings. The van der Waals surface area contributed by atoms with Gasteiger partial charge in [0.15, 0.2) is 0 Å². The van der Waals surface area contributed by atoms with Gasteiger partial charge in [-0.2, -0.15) is 0 Å². The molecule has 7 nitrogen and oxygen atoms in total. The lowest BCUT2D eigenvalue weighted by molar-refractivity contribution is 0.0942. The number of aliphatic hydroxyl groups excluding tert-OH is 2. The van der Waals surface area contributed by atoms with Crippen LogP contribution in [0.4, 0.5) is 4.39 Å². The summed E-state index contributed by atoms with van der Waals surface area (Å²) < 4.78 is 41.7. The van der Waals surface area contributed by atoms with Crippen molar-refractivity contribution in [1.29, 1.82) is 0 Å². The van der Waals surface area contributed by atoms with Crippen LogP contribution in [0.1, 0.15) is 5.56 Å². The number of benzene rings is 1. The molecule has 0 aliphatic carbocycles. The lowest BCUT2D eigenvalue weighted by atomic mass is 10.1. The van der Waals surface area contributed by atoms with Crippen LogP contribution in [0, 0.1) is 5.82 Å². The van der Waals surface area contributed by atoms with Crippen LogP contribution in [0.15, 0.2) is 59.8 Å². The zero-order valence-electron chi connectivity index (χ0n) is 15.0. The number of hydrogen-bond acceptors (Lipinski definition) is 6. The minimum atomic E-state index is -3.94. The quantitative estimate of drug-likeness (QED) is 0.519. The Bertz CT molecular complexity index is 998. The van der Waals surface area contributed by atoms with Gasteiger partial charge in [0, 0.05) is 37.6 Å². The number of aliphatic hydroxyl groups is 2. The van der Waals surface area contributed by atoms with E-state index in [2.05, 4.69) is 10.6 Å². The van der Waals surface area contributed by atoms with Gasteiger partial charge in [-0.05, 0) is 29.8 Å². The maximum absolute atomic E-state index is 14.4. The molecule has 150 valence electrons. The second-order valence-corrected chi connectivity index (χ2v) is 8.15. The van der Waals surface area contributed by atoms with Crippen LogP contribution in [0.25, 0.3) is 11.3 Å². The number of allylic oxidation sites excluding steroid dienone is 1. The van der Waals surface area contributed by atoms with Crippen molar-refractivity contribution in [2.75, 3.05) is 19.7 Å². The lowest BCUT2D eigenvalue weighted by Gasteiger charge is -2.14. The molecule has 3 rings (SSSR count). The summed E-state index contributed by atoms with van der Waals surface area (Å²) in [7, 11) is -3.94. The van der Waals surface area contributed by atoms with Crippen molar-refractivity contribution in [3.05, 3.63) is 71.2 Å². The molecule has 0 radical (unpaired) electrons. The van der Waals surface area contributed by atoms with Gasteiger partial charge in [-0.15, -0.1) is 0 Å². The first-order valence-electron chi connectivity index (χ1n) is 8.75. The monoisotopic (exact) mass is 407 g/mol. The van der Waals surface area contributed by atoms with Crippen LogP contribution in [0.3, 0.4) is 0 Å². The minimum absolute atomic E-state index is 0.0714. The number of halogens is 1. The molecule has 0 spiro atoms. The average molecular weight is 407 g/mol. The van der Waals surface area contributed by atoms with E-state index in [1.807, 2.05) is 0 Å². The first-order valence-corrected chi connectivity index (χ1v) is 10.2. The first-order chi connectivity index (χ1) is 13.4. The zero-order chi connectivity index (χ0) is 20.1. The third-order valence-electron chi connectivity index (χ3n) is 4.23. The molecule has 0 saturated carbocycles. The number of aromatic nitrogens is 1. The summed E-state index contributed by atoms with van der Waals surface area (Å²) in [6.07, 6.45) is 5.12. The summed E-state index contributed by atoms with van der Waals surface area (Å²) in [6, 6.07) is 7.56. The predicted octanol–water partition coefficient (Wildman–Crippen LogP) is 0.916. The highest BCUT2D eigenvalue weighted by molar-refractivity contribution is 7.94. The Hall–Kier alpha value is -2.46. The van der Waals surface area contributed by atoms with E-state index in [0.29, 0.717) is 12.1 Å². The molecule has 0 fully saturated rings. The van der Waals surface area contributed by atoms with Crippen LogP contribution in [0.5, 0.6) is 0 Å². The summed E-state index contributed by atoms with van der Waals surface area (Å²) in [4.78, 5) is 0.0714. The molecular formula is C19H22FN3O4S. The van der Waals surface area contributed by atoms with Gasteiger partial charge < -0.3 is 20.8 Å². The Balaban J connectivity index is 2.01. The molecule has 9 heteroatoms. The van der Waals surface area contributed by atoms with E-state index >= 15 is 0 Å². The third-order valence-corrected chi connectivity index (χ3v) is 5.90. The summed E-state index contributed by atoms with van der Waals surface area (Å²) in [5, 5.41) is 24.1. The fraction of sp³-hybridized carbons (Fsp3) is 0.263. The Morgan fingerprint density at radius 1 is 1.32 bits per heavy atom. The maximum Gasteiger partial charge on any atom is 0.269 e. The standard InChI is InChI=1S/C19H22FN3O4S/c20-18-6-2-1-5-17(18)19-8-14(9-22-10-15(25)13-24)12-23(19)28(26,27)16-4-3-7-21-11-16/h1-6,8,11-12,15,21-22,24-25H,7,9-10,13H2. The van der Waals surface area contributed by atoms with E-state index in [9.17, 15) is 17.9 Å². The molecule has 28 heavy (non-hydrogen) atoms. The van der Waals surface area contributed by atoms with Gasteiger partial charge in [0.25, 0.3) is 10.0 Å². The Kier molecular flexibility index (Phi) is 6.30. The van der Waals surface area contributed by atoms with Crippen molar-refractivity contribution >= 4 is 10.0 Å². The third kappa shape index (κ3) is 4.33. The van der Waals surface area contributed by atoms with Crippen molar-refractivity contribution in [3.63, 3.8) is 0 Å². The number of nitrogens with zero attached hydrogens (tertiary/aromatic N) is 1. The normalized spacial score (nSPS) is 15.2. The fourth-order valence-corrected chi connectivity index (χ4v) is 4.24. The van der Waals surface area contributed by atoms with E-state index in [-0.39, 0.29) is 35.9 Å². The predicted molar refractivity (Wildman–Crippen MR) is 104 cm³/mol. The highest BCUT2D eigenvalue weighted by Crippen LogP contribution is 2.29. The molecule has 2 heterocycles. The van der Waals surface area contributed by atoms with Crippen molar-refractivity contribution in [2.24, 2.45) is 0 Å². The van der Waals surface area contributed by atoms with Gasteiger partial charge in [-0.1, -0.05) is 18.2 Å². The molecular weight excluding hydrogens is 385 g/mol. The van der Waals surface area contributed by atoms with Gasteiger partial charge in [0.2, 0.25) is 0 Å². The van der Waals surface area contributed by atoms with Crippen LogP contribution >= 0.6 is 0 Å². The number of rotatable bonds is 8. The van der Waals surface area contributed by atoms with Gasteiger partial charge >= 0.3 is 0 Å². The van der Waals surface area contributed by atoms with E-state index in [1.165, 1.54) is 36.7 Å². The van der Waals surface area contributed by atoms with E-state index < -0.39 is 21.9 Å². The van der Waals surface area contributed by atoms with Gasteiger partial charge in [-0.3, -0.25) is 0 Å². The Morgan fingerprint density at radius 3 is 2.79 bits per heavy atom. The highest BCUT2D eigenvalue weighted by atomic mass is 32.2. The molecule has 1 aromatic heterocycles. The molecule has 1 aliphatic rings. The van der Waals surface area contributed by atoms with Crippen LogP contribution in [0.2, 0.25) is 0 Å². The number of hydrogen-bond donors (Lipinski definition) is 4. The molecule has 0 bridgehead atoms. The lowest BCUT2D eigenvalue weighted by Crippen LogP contribution is -2.28. The van der Waals surface area contributed by atoms with Crippen molar-refractivity contribution < 1.29 is 23.0 Å². The summed E-state index contributed by atoms with van der Waals surface area (Å²) in [5.41, 5.74) is 0.971. The maximum atomic E-state index is 14.4. The Labute approximate surface area is 162 Å². The van der Waals surface area contributed by atoms with Crippen molar-refractivity contribution in [3.8, 4) is 11.3 Å². The second kappa shape index (κ2) is 8.70. The van der Waals surface area contributed by atoms with E-state index in [1.54, 1.807) is 18.2 Å². The van der Waals surface area contributed by atoms with Crippen LogP contribution < -0.4 is 10.6 Å². The smallest absolute Gasteiger partial charge is 0.269 e. The van der Waals surface area contributed by atoms with Crippen molar-refractivity contribution in [1.82, 2.24) is 14.6 Å². The molecule has 0 saturated heterocycles. The number of nitrogens with one attached hydrogen (secondary N) is 2.